The minimum absolute atomic E-state index is 0. The number of methoxy groups -OCH3 is 2. The molecular formula is C19H24LiO5P. The van der Waals surface area contributed by atoms with Gasteiger partial charge in [0.05, 0.1) is 27.4 Å². The number of hydrogen-bond acceptors (Lipinski definition) is 5. The molecule has 2 rings (SSSR count). The zero-order chi connectivity index (χ0) is 18.2. The molecule has 0 saturated heterocycles. The first-order valence-corrected chi connectivity index (χ1v) is 9.06. The number of rotatable bonds is 9. The van der Waals surface area contributed by atoms with Gasteiger partial charge in [0.2, 0.25) is 0 Å². The monoisotopic (exact) mass is 370 g/mol. The molecule has 2 aromatic rings. The van der Waals surface area contributed by atoms with Crippen LogP contribution in [0.25, 0.3) is 0 Å². The van der Waals surface area contributed by atoms with E-state index in [9.17, 15) is 4.79 Å². The minimum atomic E-state index is -0.104. The van der Waals surface area contributed by atoms with E-state index in [1.807, 2.05) is 38.1 Å². The molecule has 0 amide bonds. The van der Waals surface area contributed by atoms with E-state index in [1.165, 1.54) is 14.2 Å². The maximum atomic E-state index is 13.0. The van der Waals surface area contributed by atoms with Gasteiger partial charge in [-0.2, -0.15) is 0 Å². The van der Waals surface area contributed by atoms with Gasteiger partial charge in [0.1, 0.15) is 28.6 Å². The Bertz CT molecular complexity index is 717. The number of carbonyl (C=O) groups is 1. The second kappa shape index (κ2) is 11.1. The molecule has 1 atom stereocenters. The summed E-state index contributed by atoms with van der Waals surface area (Å²) in [7, 11) is 2.95. The van der Waals surface area contributed by atoms with Crippen molar-refractivity contribution < 1.29 is 44.0 Å². The second-order valence-corrected chi connectivity index (χ2v) is 6.26. The zero-order valence-corrected chi connectivity index (χ0v) is 16.9. The summed E-state index contributed by atoms with van der Waals surface area (Å²) in [6, 6.07) is 11.0. The minimum Gasteiger partial charge on any atom is -1.00 e. The standard InChI is InChI=1S/C19H23O5P.Li.H/c1-5-23-13-11-15(21-3)18(16(12-13)22-4)19(20)25-17-10-8-7-9-14(17)24-6-2;;/h7-12,25H,5-6H2,1-4H3;;/q;+1;-1. The zero-order valence-electron chi connectivity index (χ0n) is 16.9. The normalized spacial score (nSPS) is 10.3. The average Bonchev–Trinajstić information content (AvgIpc) is 2.62. The van der Waals surface area contributed by atoms with Gasteiger partial charge in [-0.05, 0) is 28.5 Å². The van der Waals surface area contributed by atoms with Gasteiger partial charge in [-0.25, -0.2) is 0 Å². The maximum Gasteiger partial charge on any atom is 1.00 e. The molecule has 0 saturated carbocycles. The Labute approximate surface area is 169 Å². The molecule has 0 aromatic heterocycles. The molecule has 0 aliphatic rings. The van der Waals surface area contributed by atoms with Crippen LogP contribution in [0.5, 0.6) is 23.0 Å². The molecule has 0 aliphatic carbocycles. The molecular weight excluding hydrogens is 346 g/mol. The van der Waals surface area contributed by atoms with Gasteiger partial charge in [-0.15, -0.1) is 0 Å². The molecule has 0 bridgehead atoms. The van der Waals surface area contributed by atoms with Gasteiger partial charge in [-0.3, -0.25) is 4.79 Å². The first-order chi connectivity index (χ1) is 12.1. The molecule has 0 spiro atoms. The van der Waals surface area contributed by atoms with Crippen molar-refractivity contribution >= 4 is 19.4 Å². The summed E-state index contributed by atoms with van der Waals surface area (Å²) >= 11 is 0. The number of hydrogen-bond donors (Lipinski definition) is 0. The predicted octanol–water partition coefficient (Wildman–Crippen LogP) is 0.762. The third-order valence-electron chi connectivity index (χ3n) is 3.45. The van der Waals surface area contributed by atoms with Crippen LogP contribution >= 0.6 is 8.58 Å². The fourth-order valence-corrected chi connectivity index (χ4v) is 3.47. The summed E-state index contributed by atoms with van der Waals surface area (Å²) < 4.78 is 21.9. The summed E-state index contributed by atoms with van der Waals surface area (Å²) in [6.07, 6.45) is 0. The van der Waals surface area contributed by atoms with Crippen LogP contribution in [-0.4, -0.2) is 33.0 Å². The molecule has 1 unspecified atom stereocenters. The first kappa shape index (κ1) is 22.4. The fraction of sp³-hybridized carbons (Fsp3) is 0.316. The maximum absolute atomic E-state index is 13.0. The first-order valence-electron chi connectivity index (χ1n) is 8.06. The average molecular weight is 370 g/mol. The molecule has 0 N–H and O–H groups in total. The van der Waals surface area contributed by atoms with Crippen LogP contribution in [0.1, 0.15) is 25.6 Å². The van der Waals surface area contributed by atoms with E-state index in [0.29, 0.717) is 36.0 Å². The number of para-hydroxylation sites is 1. The molecule has 0 fully saturated rings. The number of benzene rings is 2. The molecule has 7 heteroatoms. The van der Waals surface area contributed by atoms with Crippen LogP contribution in [0.2, 0.25) is 0 Å². The molecule has 0 aliphatic heterocycles. The van der Waals surface area contributed by atoms with E-state index in [-0.39, 0.29) is 34.4 Å². The third kappa shape index (κ3) is 5.41. The Morgan fingerprint density at radius 2 is 1.54 bits per heavy atom. The van der Waals surface area contributed by atoms with E-state index < -0.39 is 0 Å². The molecule has 26 heavy (non-hydrogen) atoms. The summed E-state index contributed by atoms with van der Waals surface area (Å²) in [5.41, 5.74) is 0.335. The van der Waals surface area contributed by atoms with Crippen molar-refractivity contribution in [1.29, 1.82) is 0 Å². The SMILES string of the molecule is CCOc1cc(OC)c(C(=O)Pc2ccccc2OCC)c(OC)c1.[H-].[Li+]. The van der Waals surface area contributed by atoms with E-state index in [1.54, 1.807) is 12.1 Å². The van der Waals surface area contributed by atoms with Crippen LogP contribution in [0.4, 0.5) is 0 Å². The molecule has 136 valence electrons. The molecule has 5 nitrogen and oxygen atoms in total. The van der Waals surface area contributed by atoms with Gasteiger partial charge in [0, 0.05) is 17.4 Å². The molecule has 0 heterocycles. The third-order valence-corrected chi connectivity index (χ3v) is 4.61. The van der Waals surface area contributed by atoms with Crippen molar-refractivity contribution in [3.05, 3.63) is 42.0 Å². The van der Waals surface area contributed by atoms with Crippen molar-refractivity contribution in [3.8, 4) is 23.0 Å². The fourth-order valence-electron chi connectivity index (χ4n) is 2.40. The van der Waals surface area contributed by atoms with Crippen LogP contribution in [0.15, 0.2) is 36.4 Å². The summed E-state index contributed by atoms with van der Waals surface area (Å²) in [5.74, 6) is 2.20. The Hall–Kier alpha value is -1.66. The smallest absolute Gasteiger partial charge is 1.00 e. The van der Waals surface area contributed by atoms with E-state index >= 15 is 0 Å². The van der Waals surface area contributed by atoms with Crippen molar-refractivity contribution in [2.45, 2.75) is 13.8 Å². The van der Waals surface area contributed by atoms with Gasteiger partial charge >= 0.3 is 18.9 Å². The van der Waals surface area contributed by atoms with Crippen LogP contribution in [0, 0.1) is 0 Å². The van der Waals surface area contributed by atoms with Gasteiger partial charge in [-0.1, -0.05) is 18.2 Å². The Balaban J connectivity index is 0.00000338. The Morgan fingerprint density at radius 1 is 0.962 bits per heavy atom. The van der Waals surface area contributed by atoms with Crippen molar-refractivity contribution in [3.63, 3.8) is 0 Å². The van der Waals surface area contributed by atoms with Gasteiger partial charge < -0.3 is 20.4 Å². The van der Waals surface area contributed by atoms with Crippen LogP contribution in [0.3, 0.4) is 0 Å². The summed E-state index contributed by atoms with van der Waals surface area (Å²) in [5, 5.41) is 0.854. The molecule has 0 radical (unpaired) electrons. The van der Waals surface area contributed by atoms with Crippen LogP contribution < -0.4 is 43.1 Å². The van der Waals surface area contributed by atoms with Crippen molar-refractivity contribution in [2.75, 3.05) is 27.4 Å². The summed E-state index contributed by atoms with van der Waals surface area (Å²) in [6.45, 7) is 4.87. The second-order valence-electron chi connectivity index (χ2n) is 5.02. The molecule has 2 aromatic carbocycles. The van der Waals surface area contributed by atoms with E-state index in [4.69, 9.17) is 18.9 Å². The Morgan fingerprint density at radius 3 is 2.08 bits per heavy atom. The van der Waals surface area contributed by atoms with Gasteiger partial charge in [0.25, 0.3) is 0 Å². The number of carbonyl (C=O) groups excluding carboxylic acids is 1. The largest absolute Gasteiger partial charge is 1.00 e. The summed E-state index contributed by atoms with van der Waals surface area (Å²) in [4.78, 5) is 13.0. The van der Waals surface area contributed by atoms with Crippen LogP contribution in [-0.2, 0) is 0 Å². The quantitative estimate of drug-likeness (QED) is 0.482. The van der Waals surface area contributed by atoms with Crippen molar-refractivity contribution in [2.24, 2.45) is 0 Å². The predicted molar refractivity (Wildman–Crippen MR) is 102 cm³/mol. The number of ether oxygens (including phenoxy) is 4. The van der Waals surface area contributed by atoms with E-state index in [2.05, 4.69) is 0 Å². The van der Waals surface area contributed by atoms with Gasteiger partial charge in [0.15, 0.2) is 5.52 Å². The van der Waals surface area contributed by atoms with E-state index in [0.717, 1.165) is 11.1 Å². The Kier molecular flexibility index (Phi) is 9.58. The van der Waals surface area contributed by atoms with Crippen molar-refractivity contribution in [1.82, 2.24) is 0 Å². The topological polar surface area (TPSA) is 54.0 Å².